The summed E-state index contributed by atoms with van der Waals surface area (Å²) in [5.74, 6) is 0.947. The average Bonchev–Trinajstić information content (AvgIpc) is 2.46. The molecule has 1 atom stereocenters. The predicted molar refractivity (Wildman–Crippen MR) is 86.1 cm³/mol. The van der Waals surface area contributed by atoms with Crippen molar-refractivity contribution in [2.75, 3.05) is 12.3 Å². The van der Waals surface area contributed by atoms with Gasteiger partial charge in [0, 0.05) is 23.4 Å². The van der Waals surface area contributed by atoms with E-state index < -0.39 is 0 Å². The quantitative estimate of drug-likeness (QED) is 0.864. The lowest BCUT2D eigenvalue weighted by Gasteiger charge is -2.27. The Bertz CT molecular complexity index is 675. The van der Waals surface area contributed by atoms with Gasteiger partial charge in [-0.05, 0) is 24.3 Å². The number of ether oxygens (including phenoxy) is 1. The van der Waals surface area contributed by atoms with Crippen LogP contribution in [0.25, 0.3) is 11.1 Å². The fourth-order valence-corrected chi connectivity index (χ4v) is 3.89. The number of nitrogens with two attached hydrogens (primary N) is 1. The van der Waals surface area contributed by atoms with E-state index in [0.29, 0.717) is 39.2 Å². The molecule has 1 heterocycles. The van der Waals surface area contributed by atoms with Crippen LogP contribution in [0.15, 0.2) is 35.2 Å². The molecule has 1 unspecified atom stereocenters. The third-order valence-corrected chi connectivity index (χ3v) is 5.01. The first kappa shape index (κ1) is 15.0. The number of rotatable bonds is 2. The summed E-state index contributed by atoms with van der Waals surface area (Å²) >= 11 is 14.0. The minimum atomic E-state index is -0.345. The second-order valence-corrected chi connectivity index (χ2v) is 6.54. The van der Waals surface area contributed by atoms with Crippen LogP contribution >= 0.6 is 35.0 Å². The Hall–Kier alpha value is -0.940. The van der Waals surface area contributed by atoms with Crippen LogP contribution in [0.1, 0.15) is 0 Å². The molecule has 0 fully saturated rings. The van der Waals surface area contributed by atoms with Crippen LogP contribution in [-0.4, -0.2) is 18.4 Å². The van der Waals surface area contributed by atoms with Gasteiger partial charge in [0.15, 0.2) is 0 Å². The van der Waals surface area contributed by atoms with Gasteiger partial charge in [0.05, 0.1) is 14.9 Å². The Morgan fingerprint density at radius 3 is 2.67 bits per heavy atom. The van der Waals surface area contributed by atoms with Crippen molar-refractivity contribution in [1.29, 1.82) is 0 Å². The third-order valence-electron chi connectivity index (χ3n) is 3.22. The monoisotopic (exact) mass is 343 g/mol. The molecule has 0 radical (unpaired) electrons. The number of halogens is 3. The number of thioether (sulfide) groups is 1. The van der Waals surface area contributed by atoms with Gasteiger partial charge in [-0.25, -0.2) is 4.39 Å². The Morgan fingerprint density at radius 2 is 2.00 bits per heavy atom. The normalized spacial score (nSPS) is 17.2. The number of benzene rings is 2. The lowest BCUT2D eigenvalue weighted by atomic mass is 10.0. The molecule has 2 nitrogen and oxygen atoms in total. The zero-order chi connectivity index (χ0) is 15.0. The SMILES string of the molecule is NCC1CSc2cc(F)cc(-c3c(Cl)cccc3Cl)c2O1. The van der Waals surface area contributed by atoms with E-state index in [-0.39, 0.29) is 11.9 Å². The number of hydrogen-bond donors (Lipinski definition) is 1. The van der Waals surface area contributed by atoms with Crippen LogP contribution in [0, 0.1) is 5.82 Å². The van der Waals surface area contributed by atoms with E-state index in [1.54, 1.807) is 18.2 Å². The van der Waals surface area contributed by atoms with Crippen molar-refractivity contribution in [2.45, 2.75) is 11.0 Å². The molecule has 0 saturated carbocycles. The van der Waals surface area contributed by atoms with E-state index in [9.17, 15) is 4.39 Å². The van der Waals surface area contributed by atoms with Gasteiger partial charge in [-0.15, -0.1) is 11.8 Å². The van der Waals surface area contributed by atoms with Crippen LogP contribution in [-0.2, 0) is 0 Å². The molecule has 2 aromatic rings. The molecule has 0 saturated heterocycles. The van der Waals surface area contributed by atoms with Gasteiger partial charge < -0.3 is 10.5 Å². The highest BCUT2D eigenvalue weighted by molar-refractivity contribution is 7.99. The maximum Gasteiger partial charge on any atom is 0.141 e. The summed E-state index contributed by atoms with van der Waals surface area (Å²) in [4.78, 5) is 0.741. The molecule has 1 aliphatic rings. The van der Waals surface area contributed by atoms with Crippen molar-refractivity contribution in [1.82, 2.24) is 0 Å². The first-order chi connectivity index (χ1) is 10.1. The summed E-state index contributed by atoms with van der Waals surface area (Å²) in [5, 5.41) is 0.914. The van der Waals surface area contributed by atoms with Gasteiger partial charge in [-0.1, -0.05) is 29.3 Å². The zero-order valence-electron chi connectivity index (χ0n) is 10.9. The molecule has 110 valence electrons. The van der Waals surface area contributed by atoms with Gasteiger partial charge in [0.25, 0.3) is 0 Å². The minimum absolute atomic E-state index is 0.104. The topological polar surface area (TPSA) is 35.2 Å². The van der Waals surface area contributed by atoms with Gasteiger partial charge in [-0.3, -0.25) is 0 Å². The standard InChI is InChI=1S/C15H12Cl2FNOS/c16-11-2-1-3-12(17)14(11)10-4-8(18)5-13-15(10)20-9(6-19)7-21-13/h1-5,9H,6-7,19H2. The summed E-state index contributed by atoms with van der Waals surface area (Å²) in [6.07, 6.45) is -0.104. The highest BCUT2D eigenvalue weighted by Crippen LogP contribution is 2.46. The van der Waals surface area contributed by atoms with Gasteiger partial charge in [0.1, 0.15) is 17.7 Å². The lowest BCUT2D eigenvalue weighted by Crippen LogP contribution is -2.31. The predicted octanol–water partition coefficient (Wildman–Crippen LogP) is 4.61. The Balaban J connectivity index is 2.21. The fraction of sp³-hybridized carbons (Fsp3) is 0.200. The zero-order valence-corrected chi connectivity index (χ0v) is 13.2. The minimum Gasteiger partial charge on any atom is -0.486 e. The van der Waals surface area contributed by atoms with Gasteiger partial charge >= 0.3 is 0 Å². The molecule has 1 aliphatic heterocycles. The highest BCUT2D eigenvalue weighted by Gasteiger charge is 2.25. The molecule has 6 heteroatoms. The summed E-state index contributed by atoms with van der Waals surface area (Å²) in [6.45, 7) is 0.402. The van der Waals surface area contributed by atoms with Crippen LogP contribution < -0.4 is 10.5 Å². The van der Waals surface area contributed by atoms with E-state index in [1.807, 2.05) is 0 Å². The summed E-state index contributed by atoms with van der Waals surface area (Å²) in [6, 6.07) is 8.04. The summed E-state index contributed by atoms with van der Waals surface area (Å²) < 4.78 is 19.8. The van der Waals surface area contributed by atoms with E-state index >= 15 is 0 Å². The number of hydrogen-bond acceptors (Lipinski definition) is 3. The Kier molecular flexibility index (Phi) is 4.31. The van der Waals surface area contributed by atoms with Crippen molar-refractivity contribution >= 4 is 35.0 Å². The van der Waals surface area contributed by atoms with Crippen molar-refractivity contribution in [3.63, 3.8) is 0 Å². The first-order valence-electron chi connectivity index (χ1n) is 6.37. The van der Waals surface area contributed by atoms with E-state index in [1.165, 1.54) is 23.9 Å². The number of fused-ring (bicyclic) bond motifs is 1. The molecule has 0 bridgehead atoms. The maximum atomic E-state index is 13.9. The molecular weight excluding hydrogens is 332 g/mol. The maximum absolute atomic E-state index is 13.9. The van der Waals surface area contributed by atoms with Crippen LogP contribution in [0.3, 0.4) is 0 Å². The molecule has 0 aromatic heterocycles. The molecular formula is C15H12Cl2FNOS. The Labute approximate surface area is 136 Å². The fourth-order valence-electron chi connectivity index (χ4n) is 2.24. The van der Waals surface area contributed by atoms with Crippen LogP contribution in [0.5, 0.6) is 5.75 Å². The average molecular weight is 344 g/mol. The van der Waals surface area contributed by atoms with Crippen LogP contribution in [0.4, 0.5) is 4.39 Å². The largest absolute Gasteiger partial charge is 0.486 e. The second kappa shape index (κ2) is 6.05. The van der Waals surface area contributed by atoms with Gasteiger partial charge in [-0.2, -0.15) is 0 Å². The molecule has 0 spiro atoms. The van der Waals surface area contributed by atoms with Crippen molar-refractivity contribution in [3.05, 3.63) is 46.2 Å². The van der Waals surface area contributed by atoms with Crippen LogP contribution in [0.2, 0.25) is 10.0 Å². The van der Waals surface area contributed by atoms with Crippen molar-refractivity contribution in [2.24, 2.45) is 5.73 Å². The second-order valence-electron chi connectivity index (χ2n) is 4.66. The lowest BCUT2D eigenvalue weighted by molar-refractivity contribution is 0.224. The molecule has 0 aliphatic carbocycles. The van der Waals surface area contributed by atoms with Crippen molar-refractivity contribution < 1.29 is 9.13 Å². The molecule has 2 aromatic carbocycles. The summed E-state index contributed by atoms with van der Waals surface area (Å²) in [5.41, 5.74) is 6.81. The van der Waals surface area contributed by atoms with Gasteiger partial charge in [0.2, 0.25) is 0 Å². The van der Waals surface area contributed by atoms with E-state index in [2.05, 4.69) is 0 Å². The molecule has 21 heavy (non-hydrogen) atoms. The Morgan fingerprint density at radius 1 is 1.29 bits per heavy atom. The van der Waals surface area contributed by atoms with Crippen molar-refractivity contribution in [3.8, 4) is 16.9 Å². The summed E-state index contributed by atoms with van der Waals surface area (Å²) in [7, 11) is 0. The highest BCUT2D eigenvalue weighted by atomic mass is 35.5. The van der Waals surface area contributed by atoms with E-state index in [0.717, 1.165) is 4.90 Å². The third kappa shape index (κ3) is 2.86. The van der Waals surface area contributed by atoms with E-state index in [4.69, 9.17) is 33.7 Å². The molecule has 3 rings (SSSR count). The molecule has 0 amide bonds. The molecule has 2 N–H and O–H groups in total. The first-order valence-corrected chi connectivity index (χ1v) is 8.11. The smallest absolute Gasteiger partial charge is 0.141 e.